The zero-order valence-electron chi connectivity index (χ0n) is 14.6. The third-order valence-electron chi connectivity index (χ3n) is 4.10. The number of benzene rings is 1. The summed E-state index contributed by atoms with van der Waals surface area (Å²) in [5.41, 5.74) is 2.51. The maximum Gasteiger partial charge on any atom is 0.271 e. The molecule has 0 atom stereocenters. The van der Waals surface area contributed by atoms with E-state index < -0.39 is 4.92 Å². The van der Waals surface area contributed by atoms with Crippen LogP contribution in [0.3, 0.4) is 0 Å². The highest BCUT2D eigenvalue weighted by atomic mass is 16.6. The first-order valence-electron chi connectivity index (χ1n) is 8.43. The summed E-state index contributed by atoms with van der Waals surface area (Å²) in [4.78, 5) is 26.8. The van der Waals surface area contributed by atoms with E-state index >= 15 is 0 Å². The maximum absolute atomic E-state index is 12.3. The Balaban J connectivity index is 1.36. The van der Waals surface area contributed by atoms with Crippen LogP contribution in [-0.4, -0.2) is 35.2 Å². The number of amides is 1. The number of pyridine rings is 1. The molecule has 0 saturated carbocycles. The first kappa shape index (κ1) is 17.3. The second kappa shape index (κ2) is 7.27. The first-order valence-corrected chi connectivity index (χ1v) is 8.43. The van der Waals surface area contributed by atoms with E-state index in [1.165, 1.54) is 12.1 Å². The van der Waals surface area contributed by atoms with Crippen molar-refractivity contribution in [1.29, 1.82) is 0 Å². The summed E-state index contributed by atoms with van der Waals surface area (Å²) in [5, 5.41) is 21.5. The highest BCUT2D eigenvalue weighted by Crippen LogP contribution is 2.12. The van der Waals surface area contributed by atoms with Gasteiger partial charge in [-0.2, -0.15) is 0 Å². The molecule has 4 aromatic rings. The van der Waals surface area contributed by atoms with Crippen LogP contribution in [0.5, 0.6) is 0 Å². The summed E-state index contributed by atoms with van der Waals surface area (Å²) in [6.45, 7) is 0.637. The minimum atomic E-state index is -0.441. The fraction of sp³-hybridized carbons (Fsp3) is 0.111. The molecule has 4 rings (SSSR count). The van der Waals surface area contributed by atoms with Gasteiger partial charge in [-0.25, -0.2) is 9.67 Å². The molecule has 1 N–H and O–H groups in total. The summed E-state index contributed by atoms with van der Waals surface area (Å²) in [5.74, 6) is -0.298. The average Bonchev–Trinajstić information content (AvgIpc) is 3.33. The molecule has 10 nitrogen and oxygen atoms in total. The molecule has 0 aliphatic heterocycles. The summed E-state index contributed by atoms with van der Waals surface area (Å²) >= 11 is 0. The van der Waals surface area contributed by atoms with Crippen LogP contribution in [0, 0.1) is 10.1 Å². The summed E-state index contributed by atoms with van der Waals surface area (Å²) in [7, 11) is 0. The normalized spacial score (nSPS) is 10.9. The maximum atomic E-state index is 12.3. The summed E-state index contributed by atoms with van der Waals surface area (Å²) in [6.07, 6.45) is 5.20. The van der Waals surface area contributed by atoms with Crippen molar-refractivity contribution >= 4 is 17.2 Å². The first-order chi connectivity index (χ1) is 13.6. The van der Waals surface area contributed by atoms with Gasteiger partial charge >= 0.3 is 0 Å². The molecule has 3 heterocycles. The lowest BCUT2D eigenvalue weighted by atomic mass is 10.2. The molecule has 0 radical (unpaired) electrons. The summed E-state index contributed by atoms with van der Waals surface area (Å²) < 4.78 is 3.38. The number of non-ortho nitro benzene ring substituents is 1. The van der Waals surface area contributed by atoms with Crippen molar-refractivity contribution in [3.05, 3.63) is 88.1 Å². The number of fused-ring (bicyclic) bond motifs is 1. The number of nitrogens with zero attached hydrogens (tertiary/aromatic N) is 6. The number of carbonyl (C=O) groups excluding carboxylic acids is 1. The minimum Gasteiger partial charge on any atom is -0.345 e. The topological polar surface area (TPSA) is 120 Å². The lowest BCUT2D eigenvalue weighted by molar-refractivity contribution is -0.384. The van der Waals surface area contributed by atoms with Crippen LogP contribution in [0.4, 0.5) is 5.69 Å². The van der Waals surface area contributed by atoms with E-state index in [0.717, 1.165) is 5.56 Å². The van der Waals surface area contributed by atoms with E-state index in [2.05, 4.69) is 20.6 Å². The van der Waals surface area contributed by atoms with Gasteiger partial charge in [0.2, 0.25) is 0 Å². The van der Waals surface area contributed by atoms with Gasteiger partial charge in [0.25, 0.3) is 11.6 Å². The molecule has 0 bridgehead atoms. The number of carbonyl (C=O) groups is 1. The van der Waals surface area contributed by atoms with Crippen LogP contribution >= 0.6 is 0 Å². The Bertz CT molecular complexity index is 1110. The molecular weight excluding hydrogens is 362 g/mol. The summed E-state index contributed by atoms with van der Waals surface area (Å²) in [6, 6.07) is 11.8. The number of aromatic nitrogens is 5. The molecule has 0 saturated heterocycles. The molecule has 140 valence electrons. The van der Waals surface area contributed by atoms with Gasteiger partial charge < -0.3 is 9.72 Å². The lowest BCUT2D eigenvalue weighted by Crippen LogP contribution is -2.23. The zero-order chi connectivity index (χ0) is 19.5. The van der Waals surface area contributed by atoms with Crippen molar-refractivity contribution in [3.8, 4) is 0 Å². The van der Waals surface area contributed by atoms with E-state index in [-0.39, 0.29) is 18.1 Å². The number of nitro benzene ring substituents is 1. The molecule has 0 unspecified atom stereocenters. The van der Waals surface area contributed by atoms with Gasteiger partial charge in [0, 0.05) is 24.5 Å². The van der Waals surface area contributed by atoms with Gasteiger partial charge in [0.15, 0.2) is 0 Å². The van der Waals surface area contributed by atoms with Crippen molar-refractivity contribution in [2.24, 2.45) is 0 Å². The molecule has 3 aromatic heterocycles. The number of nitrogens with one attached hydrogen (secondary N) is 1. The Labute approximate surface area is 158 Å². The number of nitro groups is 1. The van der Waals surface area contributed by atoms with Crippen molar-refractivity contribution in [3.63, 3.8) is 0 Å². The third-order valence-corrected chi connectivity index (χ3v) is 4.10. The van der Waals surface area contributed by atoms with Crippen LogP contribution in [0.2, 0.25) is 0 Å². The third kappa shape index (κ3) is 3.70. The number of hydrogen-bond donors (Lipinski definition) is 1. The SMILES string of the molecule is O=C(NCc1cn(Cc2ccc([N+](=O)[O-])cc2)nn1)c1cn2ccccc2n1. The van der Waals surface area contributed by atoms with E-state index in [9.17, 15) is 14.9 Å². The lowest BCUT2D eigenvalue weighted by Gasteiger charge is -2.01. The van der Waals surface area contributed by atoms with Crippen LogP contribution in [0.25, 0.3) is 5.65 Å². The van der Waals surface area contributed by atoms with Crippen molar-refractivity contribution < 1.29 is 9.72 Å². The molecule has 28 heavy (non-hydrogen) atoms. The van der Waals surface area contributed by atoms with Crippen molar-refractivity contribution in [2.45, 2.75) is 13.1 Å². The fourth-order valence-electron chi connectivity index (χ4n) is 2.71. The van der Waals surface area contributed by atoms with E-state index in [1.54, 1.807) is 33.6 Å². The Kier molecular flexibility index (Phi) is 4.50. The minimum absolute atomic E-state index is 0.0395. The Morgan fingerprint density at radius 3 is 2.71 bits per heavy atom. The fourth-order valence-corrected chi connectivity index (χ4v) is 2.71. The van der Waals surface area contributed by atoms with Crippen LogP contribution in [-0.2, 0) is 13.1 Å². The van der Waals surface area contributed by atoms with Gasteiger partial charge in [-0.1, -0.05) is 23.4 Å². The highest BCUT2D eigenvalue weighted by molar-refractivity contribution is 5.92. The predicted molar refractivity (Wildman–Crippen MR) is 98.6 cm³/mol. The quantitative estimate of drug-likeness (QED) is 0.404. The Morgan fingerprint density at radius 1 is 1.14 bits per heavy atom. The number of hydrogen-bond acceptors (Lipinski definition) is 6. The molecule has 0 aliphatic carbocycles. The van der Waals surface area contributed by atoms with Crippen LogP contribution in [0.15, 0.2) is 61.1 Å². The van der Waals surface area contributed by atoms with E-state index in [0.29, 0.717) is 23.6 Å². The van der Waals surface area contributed by atoms with Gasteiger partial charge in [0.1, 0.15) is 17.0 Å². The molecule has 1 aromatic carbocycles. The van der Waals surface area contributed by atoms with Gasteiger partial charge in [0.05, 0.1) is 24.2 Å². The van der Waals surface area contributed by atoms with Gasteiger partial charge in [-0.15, -0.1) is 5.10 Å². The molecule has 0 spiro atoms. The second-order valence-electron chi connectivity index (χ2n) is 6.11. The zero-order valence-corrected chi connectivity index (χ0v) is 14.6. The molecule has 0 aliphatic rings. The molecule has 10 heteroatoms. The Morgan fingerprint density at radius 2 is 1.96 bits per heavy atom. The van der Waals surface area contributed by atoms with Crippen molar-refractivity contribution in [2.75, 3.05) is 0 Å². The predicted octanol–water partition coefficient (Wildman–Crippen LogP) is 1.81. The second-order valence-corrected chi connectivity index (χ2v) is 6.11. The van der Waals surface area contributed by atoms with Crippen molar-refractivity contribution in [1.82, 2.24) is 29.7 Å². The van der Waals surface area contributed by atoms with Crippen LogP contribution < -0.4 is 5.32 Å². The molecule has 1 amide bonds. The highest BCUT2D eigenvalue weighted by Gasteiger charge is 2.11. The number of imidazole rings is 1. The van der Waals surface area contributed by atoms with E-state index in [4.69, 9.17) is 0 Å². The van der Waals surface area contributed by atoms with Gasteiger partial charge in [-0.3, -0.25) is 14.9 Å². The smallest absolute Gasteiger partial charge is 0.271 e. The van der Waals surface area contributed by atoms with E-state index in [1.807, 2.05) is 24.4 Å². The molecular formula is C18H15N7O3. The molecule has 0 fully saturated rings. The van der Waals surface area contributed by atoms with Crippen LogP contribution in [0.1, 0.15) is 21.7 Å². The number of rotatable bonds is 6. The largest absolute Gasteiger partial charge is 0.345 e. The average molecular weight is 377 g/mol. The van der Waals surface area contributed by atoms with Gasteiger partial charge in [-0.05, 0) is 17.7 Å². The standard InChI is InChI=1S/C18H15N7O3/c26-18(16-12-23-8-2-1-3-17(23)20-16)19-9-14-11-24(22-21-14)10-13-4-6-15(7-5-13)25(27)28/h1-8,11-12H,9-10H2,(H,19,26). The monoisotopic (exact) mass is 377 g/mol. The Hall–Kier alpha value is -4.08.